The zero-order valence-corrected chi connectivity index (χ0v) is 8.49. The van der Waals surface area contributed by atoms with E-state index in [1.54, 1.807) is 7.11 Å². The Morgan fingerprint density at radius 1 is 1.25 bits per heavy atom. The van der Waals surface area contributed by atoms with Gasteiger partial charge in [0, 0.05) is 19.6 Å². The molecule has 1 nitrogen and oxygen atoms in total. The Bertz CT molecular complexity index is 159. The number of halogens is 1. The lowest BCUT2D eigenvalue weighted by Crippen LogP contribution is -2.62. The number of hydrogen-bond acceptors (Lipinski definition) is 1. The summed E-state index contributed by atoms with van der Waals surface area (Å²) in [4.78, 5) is 0. The van der Waals surface area contributed by atoms with E-state index in [9.17, 15) is 0 Å². The zero-order valence-electron chi connectivity index (χ0n) is 7.74. The average Bonchev–Trinajstić information content (AvgIpc) is 1.92. The van der Waals surface area contributed by atoms with Crippen LogP contribution < -0.4 is 0 Å². The van der Waals surface area contributed by atoms with E-state index in [2.05, 4.69) is 0 Å². The van der Waals surface area contributed by atoms with Crippen molar-refractivity contribution in [3.05, 3.63) is 0 Å². The molecule has 0 aromatic rings. The molecular formula is C10H17ClO. The predicted molar refractivity (Wildman–Crippen MR) is 50.5 cm³/mol. The summed E-state index contributed by atoms with van der Waals surface area (Å²) in [6.07, 6.45) is 6.78. The van der Waals surface area contributed by atoms with Gasteiger partial charge in [-0.05, 0) is 42.9 Å². The van der Waals surface area contributed by atoms with Gasteiger partial charge in [-0.2, -0.15) is 0 Å². The Hall–Kier alpha value is 0.250. The SMILES string of the molecule is COCCCC12CC(CCl)(C1)C2. The molecule has 3 aliphatic rings. The Morgan fingerprint density at radius 3 is 2.42 bits per heavy atom. The number of hydrogen-bond donors (Lipinski definition) is 0. The van der Waals surface area contributed by atoms with Crippen LogP contribution in [0.4, 0.5) is 0 Å². The van der Waals surface area contributed by atoms with Gasteiger partial charge in [0.2, 0.25) is 0 Å². The number of alkyl halides is 1. The topological polar surface area (TPSA) is 9.23 Å². The maximum absolute atomic E-state index is 5.88. The van der Waals surface area contributed by atoms with E-state index in [0.717, 1.165) is 12.5 Å². The Balaban J connectivity index is 1.67. The van der Waals surface area contributed by atoms with Gasteiger partial charge in [-0.1, -0.05) is 0 Å². The molecule has 0 unspecified atom stereocenters. The predicted octanol–water partition coefficient (Wildman–Crippen LogP) is 2.82. The van der Waals surface area contributed by atoms with Gasteiger partial charge < -0.3 is 4.74 Å². The summed E-state index contributed by atoms with van der Waals surface area (Å²) >= 11 is 5.88. The zero-order chi connectivity index (χ0) is 8.66. The third-order valence-electron chi connectivity index (χ3n) is 3.59. The second-order valence-corrected chi connectivity index (χ2v) is 5.03. The average molecular weight is 189 g/mol. The highest BCUT2D eigenvalue weighted by Gasteiger charge is 2.66. The summed E-state index contributed by atoms with van der Waals surface area (Å²) < 4.78 is 5.05. The molecule has 0 saturated heterocycles. The molecule has 3 fully saturated rings. The van der Waals surface area contributed by atoms with Crippen LogP contribution in [0.25, 0.3) is 0 Å². The van der Waals surface area contributed by atoms with Crippen LogP contribution in [0.3, 0.4) is 0 Å². The van der Waals surface area contributed by atoms with Crippen molar-refractivity contribution in [3.63, 3.8) is 0 Å². The smallest absolute Gasteiger partial charge is 0.0462 e. The molecule has 12 heavy (non-hydrogen) atoms. The van der Waals surface area contributed by atoms with E-state index in [1.165, 1.54) is 32.1 Å². The summed E-state index contributed by atoms with van der Waals surface area (Å²) in [7, 11) is 1.78. The molecular weight excluding hydrogens is 172 g/mol. The molecule has 70 valence electrons. The van der Waals surface area contributed by atoms with Gasteiger partial charge in [-0.3, -0.25) is 0 Å². The quantitative estimate of drug-likeness (QED) is 0.476. The van der Waals surface area contributed by atoms with E-state index in [-0.39, 0.29) is 0 Å². The van der Waals surface area contributed by atoms with Crippen LogP contribution in [0.15, 0.2) is 0 Å². The van der Waals surface area contributed by atoms with E-state index in [1.807, 2.05) is 0 Å². The Labute approximate surface area is 79.4 Å². The molecule has 0 N–H and O–H groups in total. The molecule has 0 aromatic carbocycles. The Morgan fingerprint density at radius 2 is 1.92 bits per heavy atom. The maximum atomic E-state index is 5.88. The normalized spacial score (nSPS) is 43.5. The molecule has 2 heteroatoms. The van der Waals surface area contributed by atoms with Crippen LogP contribution in [0, 0.1) is 10.8 Å². The van der Waals surface area contributed by atoms with Gasteiger partial charge in [-0.15, -0.1) is 11.6 Å². The van der Waals surface area contributed by atoms with Crippen LogP contribution in [0.1, 0.15) is 32.1 Å². The minimum atomic E-state index is 0.592. The van der Waals surface area contributed by atoms with Crippen LogP contribution >= 0.6 is 11.6 Å². The van der Waals surface area contributed by atoms with Crippen molar-refractivity contribution in [2.24, 2.45) is 10.8 Å². The van der Waals surface area contributed by atoms with E-state index in [4.69, 9.17) is 16.3 Å². The molecule has 0 spiro atoms. The standard InChI is InChI=1S/C10H17ClO/c1-12-4-2-3-9-5-10(6-9,7-9)8-11/h2-8H2,1H3. The second kappa shape index (κ2) is 2.88. The number of rotatable bonds is 5. The summed E-state index contributed by atoms with van der Waals surface area (Å²) in [5.41, 5.74) is 1.31. The molecule has 0 amide bonds. The van der Waals surface area contributed by atoms with Crippen LogP contribution in [-0.4, -0.2) is 19.6 Å². The lowest BCUT2D eigenvalue weighted by Gasteiger charge is -2.71. The van der Waals surface area contributed by atoms with Gasteiger partial charge in [-0.25, -0.2) is 0 Å². The number of methoxy groups -OCH3 is 1. The van der Waals surface area contributed by atoms with Crippen LogP contribution in [0.2, 0.25) is 0 Å². The van der Waals surface area contributed by atoms with Crippen molar-refractivity contribution in [2.45, 2.75) is 32.1 Å². The molecule has 0 radical (unpaired) electrons. The van der Waals surface area contributed by atoms with Crippen molar-refractivity contribution in [1.82, 2.24) is 0 Å². The van der Waals surface area contributed by atoms with Crippen molar-refractivity contribution >= 4 is 11.6 Å². The molecule has 0 heterocycles. The highest BCUT2D eigenvalue weighted by molar-refractivity contribution is 6.18. The van der Waals surface area contributed by atoms with Gasteiger partial charge in [0.1, 0.15) is 0 Å². The summed E-state index contributed by atoms with van der Waals surface area (Å²) in [5.74, 6) is 0.888. The Kier molecular flexibility index (Phi) is 2.12. The van der Waals surface area contributed by atoms with Crippen molar-refractivity contribution in [2.75, 3.05) is 19.6 Å². The van der Waals surface area contributed by atoms with Crippen molar-refractivity contribution in [3.8, 4) is 0 Å². The van der Waals surface area contributed by atoms with E-state index >= 15 is 0 Å². The fourth-order valence-corrected chi connectivity index (χ4v) is 3.51. The van der Waals surface area contributed by atoms with Gasteiger partial charge in [0.25, 0.3) is 0 Å². The van der Waals surface area contributed by atoms with Gasteiger partial charge in [0.05, 0.1) is 0 Å². The lowest BCUT2D eigenvalue weighted by atomic mass is 9.35. The monoisotopic (exact) mass is 188 g/mol. The molecule has 0 atom stereocenters. The first kappa shape index (κ1) is 8.83. The fraction of sp³-hybridized carbons (Fsp3) is 1.00. The number of ether oxygens (including phenoxy) is 1. The maximum Gasteiger partial charge on any atom is 0.0462 e. The molecule has 3 aliphatic carbocycles. The largest absolute Gasteiger partial charge is 0.385 e. The summed E-state index contributed by atoms with van der Waals surface area (Å²) in [6.45, 7) is 0.926. The third kappa shape index (κ3) is 1.18. The van der Waals surface area contributed by atoms with Crippen molar-refractivity contribution in [1.29, 1.82) is 0 Å². The highest BCUT2D eigenvalue weighted by atomic mass is 35.5. The third-order valence-corrected chi connectivity index (χ3v) is 4.16. The minimum Gasteiger partial charge on any atom is -0.385 e. The van der Waals surface area contributed by atoms with Crippen LogP contribution in [0.5, 0.6) is 0 Å². The molecule has 0 aliphatic heterocycles. The molecule has 3 saturated carbocycles. The summed E-state index contributed by atoms with van der Waals surface area (Å²) in [5, 5.41) is 0. The first-order valence-corrected chi connectivity index (χ1v) is 5.33. The highest BCUT2D eigenvalue weighted by Crippen LogP contribution is 2.75. The van der Waals surface area contributed by atoms with Crippen LogP contribution in [-0.2, 0) is 4.74 Å². The minimum absolute atomic E-state index is 0.592. The second-order valence-electron chi connectivity index (χ2n) is 4.76. The van der Waals surface area contributed by atoms with Crippen molar-refractivity contribution < 1.29 is 4.74 Å². The lowest BCUT2D eigenvalue weighted by molar-refractivity contribution is -0.193. The van der Waals surface area contributed by atoms with E-state index < -0.39 is 0 Å². The van der Waals surface area contributed by atoms with Gasteiger partial charge in [0.15, 0.2) is 0 Å². The first-order valence-electron chi connectivity index (χ1n) is 4.79. The van der Waals surface area contributed by atoms with Gasteiger partial charge >= 0.3 is 0 Å². The van der Waals surface area contributed by atoms with E-state index in [0.29, 0.717) is 10.8 Å². The molecule has 2 bridgehead atoms. The fourth-order valence-electron chi connectivity index (χ4n) is 3.23. The molecule has 0 aromatic heterocycles. The first-order chi connectivity index (χ1) is 5.74. The summed E-state index contributed by atoms with van der Waals surface area (Å²) in [6, 6.07) is 0. The molecule has 3 rings (SSSR count).